The minimum Gasteiger partial charge on any atom is -0.383 e. The van der Waals surface area contributed by atoms with Crippen molar-refractivity contribution in [2.45, 2.75) is 27.7 Å². The van der Waals surface area contributed by atoms with Gasteiger partial charge in [-0.05, 0) is 43.0 Å². The van der Waals surface area contributed by atoms with E-state index < -0.39 is 0 Å². The zero-order valence-corrected chi connectivity index (χ0v) is 10.8. The highest BCUT2D eigenvalue weighted by Gasteiger charge is 1.96. The molecule has 16 heavy (non-hydrogen) atoms. The average Bonchev–Trinajstić information content (AvgIpc) is 2.22. The lowest BCUT2D eigenvalue weighted by Gasteiger charge is -2.10. The van der Waals surface area contributed by atoms with Gasteiger partial charge < -0.3 is 10.1 Å². The van der Waals surface area contributed by atoms with E-state index in [1.165, 1.54) is 16.8 Å². The van der Waals surface area contributed by atoms with Crippen molar-refractivity contribution in [3.8, 4) is 0 Å². The molecule has 0 amide bonds. The second-order valence-electron chi connectivity index (χ2n) is 4.69. The standard InChI is InChI=1S/C14H23NO/c1-11(2)10-16-8-7-15-14-6-5-12(3)13(4)9-14/h5-6,9,11,15H,7-8,10H2,1-4H3. The monoisotopic (exact) mass is 221 g/mol. The molecule has 0 aliphatic carbocycles. The van der Waals surface area contributed by atoms with Crippen LogP contribution in [-0.4, -0.2) is 19.8 Å². The van der Waals surface area contributed by atoms with E-state index in [0.29, 0.717) is 5.92 Å². The Labute approximate surface area is 99.0 Å². The zero-order valence-electron chi connectivity index (χ0n) is 10.8. The quantitative estimate of drug-likeness (QED) is 0.743. The van der Waals surface area contributed by atoms with Gasteiger partial charge in [-0.1, -0.05) is 19.9 Å². The summed E-state index contributed by atoms with van der Waals surface area (Å²) in [5, 5.41) is 3.36. The van der Waals surface area contributed by atoms with Crippen LogP contribution in [0.15, 0.2) is 18.2 Å². The third-order valence-corrected chi connectivity index (χ3v) is 2.53. The fourth-order valence-corrected chi connectivity index (χ4v) is 1.44. The summed E-state index contributed by atoms with van der Waals surface area (Å²) in [7, 11) is 0. The zero-order chi connectivity index (χ0) is 12.0. The molecule has 0 saturated heterocycles. The fraction of sp³-hybridized carbons (Fsp3) is 0.571. The third kappa shape index (κ3) is 4.67. The summed E-state index contributed by atoms with van der Waals surface area (Å²) in [4.78, 5) is 0. The highest BCUT2D eigenvalue weighted by atomic mass is 16.5. The number of anilines is 1. The predicted octanol–water partition coefficient (Wildman–Crippen LogP) is 3.39. The number of nitrogens with one attached hydrogen (secondary N) is 1. The minimum absolute atomic E-state index is 0.613. The van der Waals surface area contributed by atoms with Gasteiger partial charge in [0.1, 0.15) is 0 Å². The number of rotatable bonds is 6. The van der Waals surface area contributed by atoms with Crippen LogP contribution in [-0.2, 0) is 4.74 Å². The molecular weight excluding hydrogens is 198 g/mol. The van der Waals surface area contributed by atoms with Gasteiger partial charge in [-0.25, -0.2) is 0 Å². The van der Waals surface area contributed by atoms with Gasteiger partial charge in [0.2, 0.25) is 0 Å². The smallest absolute Gasteiger partial charge is 0.0639 e. The van der Waals surface area contributed by atoms with Crippen molar-refractivity contribution in [3.63, 3.8) is 0 Å². The van der Waals surface area contributed by atoms with Gasteiger partial charge in [0, 0.05) is 18.8 Å². The lowest BCUT2D eigenvalue weighted by atomic mass is 10.1. The van der Waals surface area contributed by atoms with Gasteiger partial charge in [0.05, 0.1) is 6.61 Å². The summed E-state index contributed by atoms with van der Waals surface area (Å²) < 4.78 is 5.51. The van der Waals surface area contributed by atoms with E-state index in [1.54, 1.807) is 0 Å². The Kier molecular flexibility index (Phi) is 5.33. The molecule has 0 spiro atoms. The maximum atomic E-state index is 5.51. The van der Waals surface area contributed by atoms with Gasteiger partial charge in [-0.2, -0.15) is 0 Å². The molecule has 0 bridgehead atoms. The molecule has 1 aromatic carbocycles. The highest BCUT2D eigenvalue weighted by Crippen LogP contribution is 2.13. The number of benzene rings is 1. The van der Waals surface area contributed by atoms with Crippen LogP contribution >= 0.6 is 0 Å². The number of hydrogen-bond acceptors (Lipinski definition) is 2. The molecule has 2 heteroatoms. The molecule has 0 heterocycles. The van der Waals surface area contributed by atoms with Crippen molar-refractivity contribution in [3.05, 3.63) is 29.3 Å². The molecule has 90 valence electrons. The Morgan fingerprint density at radius 2 is 1.94 bits per heavy atom. The first-order valence-corrected chi connectivity index (χ1v) is 5.98. The molecule has 0 fully saturated rings. The molecule has 2 nitrogen and oxygen atoms in total. The van der Waals surface area contributed by atoms with Crippen LogP contribution < -0.4 is 5.32 Å². The van der Waals surface area contributed by atoms with Crippen molar-refractivity contribution in [1.29, 1.82) is 0 Å². The first-order chi connectivity index (χ1) is 7.59. The van der Waals surface area contributed by atoms with Crippen LogP contribution in [0, 0.1) is 19.8 Å². The van der Waals surface area contributed by atoms with Crippen molar-refractivity contribution in [2.24, 2.45) is 5.92 Å². The Balaban J connectivity index is 2.24. The van der Waals surface area contributed by atoms with Gasteiger partial charge in [0.25, 0.3) is 0 Å². The molecule has 0 aromatic heterocycles. The molecule has 0 saturated carbocycles. The van der Waals surface area contributed by atoms with Crippen molar-refractivity contribution >= 4 is 5.69 Å². The molecule has 0 atom stereocenters. The minimum atomic E-state index is 0.613. The normalized spacial score (nSPS) is 10.8. The van der Waals surface area contributed by atoms with Crippen LogP contribution in [0.3, 0.4) is 0 Å². The van der Waals surface area contributed by atoms with E-state index in [4.69, 9.17) is 4.74 Å². The largest absolute Gasteiger partial charge is 0.383 e. The van der Waals surface area contributed by atoms with Crippen molar-refractivity contribution < 1.29 is 4.74 Å². The summed E-state index contributed by atoms with van der Waals surface area (Å²) in [5.74, 6) is 0.613. The van der Waals surface area contributed by atoms with Crippen LogP contribution in [0.1, 0.15) is 25.0 Å². The average molecular weight is 221 g/mol. The predicted molar refractivity (Wildman–Crippen MR) is 70.1 cm³/mol. The first-order valence-electron chi connectivity index (χ1n) is 5.98. The van der Waals surface area contributed by atoms with E-state index in [0.717, 1.165) is 19.8 Å². The second-order valence-corrected chi connectivity index (χ2v) is 4.69. The van der Waals surface area contributed by atoms with Crippen LogP contribution in [0.25, 0.3) is 0 Å². The number of ether oxygens (including phenoxy) is 1. The summed E-state index contributed by atoms with van der Waals surface area (Å²) in [6, 6.07) is 6.44. The van der Waals surface area contributed by atoms with E-state index in [2.05, 4.69) is 51.2 Å². The van der Waals surface area contributed by atoms with Gasteiger partial charge in [-0.15, -0.1) is 0 Å². The van der Waals surface area contributed by atoms with Crippen LogP contribution in [0.2, 0.25) is 0 Å². The second kappa shape index (κ2) is 6.54. The van der Waals surface area contributed by atoms with Gasteiger partial charge in [0.15, 0.2) is 0 Å². The molecule has 1 rings (SSSR count). The number of hydrogen-bond donors (Lipinski definition) is 1. The van der Waals surface area contributed by atoms with Crippen LogP contribution in [0.4, 0.5) is 5.69 Å². The summed E-state index contributed by atoms with van der Waals surface area (Å²) >= 11 is 0. The fourth-order valence-electron chi connectivity index (χ4n) is 1.44. The van der Waals surface area contributed by atoms with Crippen molar-refractivity contribution in [1.82, 2.24) is 0 Å². The molecule has 0 radical (unpaired) electrons. The van der Waals surface area contributed by atoms with Crippen LogP contribution in [0.5, 0.6) is 0 Å². The van der Waals surface area contributed by atoms with Gasteiger partial charge in [-0.3, -0.25) is 0 Å². The Hall–Kier alpha value is -1.02. The molecular formula is C14H23NO. The number of aryl methyl sites for hydroxylation is 2. The third-order valence-electron chi connectivity index (χ3n) is 2.53. The summed E-state index contributed by atoms with van der Waals surface area (Å²) in [6.07, 6.45) is 0. The molecule has 1 aromatic rings. The van der Waals surface area contributed by atoms with E-state index in [1.807, 2.05) is 0 Å². The summed E-state index contributed by atoms with van der Waals surface area (Å²) in [6.45, 7) is 11.1. The molecule has 0 aliphatic rings. The first kappa shape index (κ1) is 13.0. The van der Waals surface area contributed by atoms with E-state index in [9.17, 15) is 0 Å². The SMILES string of the molecule is Cc1ccc(NCCOCC(C)C)cc1C. The van der Waals surface area contributed by atoms with E-state index in [-0.39, 0.29) is 0 Å². The lowest BCUT2D eigenvalue weighted by Crippen LogP contribution is -2.12. The summed E-state index contributed by atoms with van der Waals surface area (Å²) in [5.41, 5.74) is 3.84. The highest BCUT2D eigenvalue weighted by molar-refractivity contribution is 5.47. The molecule has 1 N–H and O–H groups in total. The maximum Gasteiger partial charge on any atom is 0.0639 e. The topological polar surface area (TPSA) is 21.3 Å². The lowest BCUT2D eigenvalue weighted by molar-refractivity contribution is 0.118. The Morgan fingerprint density at radius 3 is 2.56 bits per heavy atom. The molecule has 0 aliphatic heterocycles. The maximum absolute atomic E-state index is 5.51. The van der Waals surface area contributed by atoms with Crippen molar-refractivity contribution in [2.75, 3.05) is 25.1 Å². The Bertz CT molecular complexity index is 321. The van der Waals surface area contributed by atoms with E-state index >= 15 is 0 Å². The Morgan fingerprint density at radius 1 is 1.19 bits per heavy atom. The molecule has 0 unspecified atom stereocenters. The van der Waals surface area contributed by atoms with Gasteiger partial charge >= 0.3 is 0 Å².